The van der Waals surface area contributed by atoms with Crippen LogP contribution in [-0.4, -0.2) is 23.6 Å². The zero-order valence-corrected chi connectivity index (χ0v) is 11.4. The molecule has 2 aromatic rings. The number of benzene rings is 1. The van der Waals surface area contributed by atoms with Crippen molar-refractivity contribution in [3.8, 4) is 0 Å². The van der Waals surface area contributed by atoms with E-state index in [4.69, 9.17) is 0 Å². The molecule has 4 heteroatoms. The number of carbonyl (C=O) groups is 1. The lowest BCUT2D eigenvalue weighted by molar-refractivity contribution is -0.122. The van der Waals surface area contributed by atoms with E-state index >= 15 is 0 Å². The molecule has 2 heterocycles. The van der Waals surface area contributed by atoms with Gasteiger partial charge < -0.3 is 15.2 Å². The fourth-order valence-electron chi connectivity index (χ4n) is 2.68. The zero-order valence-electron chi connectivity index (χ0n) is 11.4. The molecule has 0 saturated heterocycles. The minimum absolute atomic E-state index is 0.0791. The first-order valence-electron chi connectivity index (χ1n) is 7.01. The van der Waals surface area contributed by atoms with E-state index in [0.29, 0.717) is 13.1 Å². The average Bonchev–Trinajstić information content (AvgIpc) is 3.00. The Balaban J connectivity index is 1.60. The number of hydrogen-bond donors (Lipinski definition) is 2. The van der Waals surface area contributed by atoms with Crippen LogP contribution in [0.15, 0.2) is 48.8 Å². The summed E-state index contributed by atoms with van der Waals surface area (Å²) < 4.78 is 2.06. The van der Waals surface area contributed by atoms with Gasteiger partial charge in [-0.05, 0) is 23.3 Å². The highest BCUT2D eigenvalue weighted by Crippen LogP contribution is 2.23. The topological polar surface area (TPSA) is 46.1 Å². The van der Waals surface area contributed by atoms with Crippen LogP contribution in [0, 0.1) is 0 Å². The van der Waals surface area contributed by atoms with Gasteiger partial charge in [-0.3, -0.25) is 4.79 Å². The number of nitrogens with zero attached hydrogens (tertiary/aromatic N) is 1. The summed E-state index contributed by atoms with van der Waals surface area (Å²) in [7, 11) is 0. The Morgan fingerprint density at radius 2 is 2.05 bits per heavy atom. The van der Waals surface area contributed by atoms with Gasteiger partial charge in [0.2, 0.25) is 5.91 Å². The molecule has 3 rings (SSSR count). The van der Waals surface area contributed by atoms with E-state index in [0.717, 1.165) is 18.7 Å². The summed E-state index contributed by atoms with van der Waals surface area (Å²) in [5.74, 6) is 0.0291. The molecular weight excluding hydrogens is 250 g/mol. The van der Waals surface area contributed by atoms with Crippen molar-refractivity contribution in [1.29, 1.82) is 0 Å². The fourth-order valence-corrected chi connectivity index (χ4v) is 2.68. The largest absolute Gasteiger partial charge is 0.354 e. The van der Waals surface area contributed by atoms with Gasteiger partial charge in [-0.2, -0.15) is 0 Å². The third-order valence-corrected chi connectivity index (χ3v) is 3.75. The lowest BCUT2D eigenvalue weighted by Gasteiger charge is -2.25. The number of aromatic nitrogens is 1. The molecule has 1 aliphatic rings. The van der Waals surface area contributed by atoms with Gasteiger partial charge in [-0.15, -0.1) is 0 Å². The quantitative estimate of drug-likeness (QED) is 0.883. The normalized spacial score (nSPS) is 17.5. The van der Waals surface area contributed by atoms with Crippen LogP contribution in [0.5, 0.6) is 0 Å². The Labute approximate surface area is 118 Å². The molecule has 0 fully saturated rings. The predicted molar refractivity (Wildman–Crippen MR) is 78.3 cm³/mol. The second-order valence-corrected chi connectivity index (χ2v) is 5.09. The Bertz CT molecular complexity index is 577. The van der Waals surface area contributed by atoms with Crippen molar-refractivity contribution < 1.29 is 4.79 Å². The van der Waals surface area contributed by atoms with E-state index in [2.05, 4.69) is 27.3 Å². The highest BCUT2D eigenvalue weighted by molar-refractivity contribution is 5.84. The summed E-state index contributed by atoms with van der Waals surface area (Å²) in [4.78, 5) is 12.3. The summed E-state index contributed by atoms with van der Waals surface area (Å²) in [5.41, 5.74) is 2.38. The van der Waals surface area contributed by atoms with E-state index in [1.54, 1.807) is 0 Å². The minimum Gasteiger partial charge on any atom is -0.354 e. The molecule has 104 valence electrons. The van der Waals surface area contributed by atoms with Crippen LogP contribution in [0.1, 0.15) is 17.0 Å². The Morgan fingerprint density at radius 1 is 1.25 bits per heavy atom. The van der Waals surface area contributed by atoms with Crippen LogP contribution in [0.2, 0.25) is 0 Å². The summed E-state index contributed by atoms with van der Waals surface area (Å²) in [5, 5.41) is 6.34. The number of hydrogen-bond acceptors (Lipinski definition) is 2. The molecule has 0 bridgehead atoms. The molecule has 0 saturated carbocycles. The van der Waals surface area contributed by atoms with Crippen molar-refractivity contribution in [1.82, 2.24) is 15.2 Å². The summed E-state index contributed by atoms with van der Waals surface area (Å²) in [6.07, 6.45) is 4.01. The molecule has 2 N–H and O–H groups in total. The number of nitrogens with one attached hydrogen (secondary N) is 2. The van der Waals surface area contributed by atoms with Crippen molar-refractivity contribution in [2.45, 2.75) is 19.0 Å². The average molecular weight is 269 g/mol. The van der Waals surface area contributed by atoms with Gasteiger partial charge in [0.1, 0.15) is 0 Å². The van der Waals surface area contributed by atoms with Gasteiger partial charge in [0.15, 0.2) is 0 Å². The Kier molecular flexibility index (Phi) is 3.83. The number of carbonyl (C=O) groups excluding carboxylic acids is 1. The molecular formula is C16H19N3O. The molecule has 1 aliphatic heterocycles. The van der Waals surface area contributed by atoms with Gasteiger partial charge in [-0.25, -0.2) is 0 Å². The van der Waals surface area contributed by atoms with Crippen molar-refractivity contribution in [2.24, 2.45) is 0 Å². The molecule has 4 nitrogen and oxygen atoms in total. The van der Waals surface area contributed by atoms with Gasteiger partial charge in [0, 0.05) is 38.6 Å². The molecule has 0 aliphatic carbocycles. The first-order valence-corrected chi connectivity index (χ1v) is 7.01. The molecule has 1 atom stereocenters. The van der Waals surface area contributed by atoms with E-state index in [1.807, 2.05) is 36.7 Å². The third-order valence-electron chi connectivity index (χ3n) is 3.75. The maximum atomic E-state index is 12.3. The maximum Gasteiger partial charge on any atom is 0.228 e. The van der Waals surface area contributed by atoms with Crippen LogP contribution in [0.4, 0.5) is 0 Å². The summed E-state index contributed by atoms with van der Waals surface area (Å²) in [6.45, 7) is 3.03. The minimum atomic E-state index is -0.0791. The number of amides is 1. The molecule has 20 heavy (non-hydrogen) atoms. The second kappa shape index (κ2) is 5.92. The summed E-state index contributed by atoms with van der Waals surface area (Å²) in [6, 6.07) is 12.2. The monoisotopic (exact) mass is 269 g/mol. The SMILES string of the molecule is O=C(NCCn1cccc1)C1CNCc2ccccc21. The van der Waals surface area contributed by atoms with Crippen LogP contribution in [0.3, 0.4) is 0 Å². The van der Waals surface area contributed by atoms with Crippen LogP contribution in [0.25, 0.3) is 0 Å². The predicted octanol–water partition coefficient (Wildman–Crippen LogP) is 1.49. The first-order chi connectivity index (χ1) is 9.84. The molecule has 1 unspecified atom stereocenters. The molecule has 1 amide bonds. The summed E-state index contributed by atoms with van der Waals surface area (Å²) >= 11 is 0. The first kappa shape index (κ1) is 12.9. The second-order valence-electron chi connectivity index (χ2n) is 5.09. The smallest absolute Gasteiger partial charge is 0.228 e. The van der Waals surface area contributed by atoms with E-state index in [1.165, 1.54) is 5.56 Å². The fraction of sp³-hybridized carbons (Fsp3) is 0.312. The lowest BCUT2D eigenvalue weighted by atomic mass is 9.90. The van der Waals surface area contributed by atoms with Crippen molar-refractivity contribution in [2.75, 3.05) is 13.1 Å². The van der Waals surface area contributed by atoms with Crippen LogP contribution in [-0.2, 0) is 17.9 Å². The highest BCUT2D eigenvalue weighted by atomic mass is 16.1. The van der Waals surface area contributed by atoms with Gasteiger partial charge in [0.25, 0.3) is 0 Å². The van der Waals surface area contributed by atoms with Crippen molar-refractivity contribution in [3.63, 3.8) is 0 Å². The van der Waals surface area contributed by atoms with E-state index in [9.17, 15) is 4.79 Å². The highest BCUT2D eigenvalue weighted by Gasteiger charge is 2.25. The standard InChI is InChI=1S/C16H19N3O/c20-16(18-7-10-19-8-3-4-9-19)15-12-17-11-13-5-1-2-6-14(13)15/h1-6,8-9,15,17H,7,10-12H2,(H,18,20). The van der Waals surface area contributed by atoms with E-state index < -0.39 is 0 Å². The molecule has 1 aromatic heterocycles. The zero-order chi connectivity index (χ0) is 13.8. The van der Waals surface area contributed by atoms with E-state index in [-0.39, 0.29) is 11.8 Å². The number of fused-ring (bicyclic) bond motifs is 1. The van der Waals surface area contributed by atoms with Crippen LogP contribution >= 0.6 is 0 Å². The van der Waals surface area contributed by atoms with Crippen LogP contribution < -0.4 is 10.6 Å². The lowest BCUT2D eigenvalue weighted by Crippen LogP contribution is -2.39. The van der Waals surface area contributed by atoms with Gasteiger partial charge in [0.05, 0.1) is 5.92 Å². The molecule has 0 spiro atoms. The Hall–Kier alpha value is -2.07. The Morgan fingerprint density at radius 3 is 2.90 bits per heavy atom. The maximum absolute atomic E-state index is 12.3. The molecule has 1 aromatic carbocycles. The van der Waals surface area contributed by atoms with Gasteiger partial charge >= 0.3 is 0 Å². The molecule has 0 radical (unpaired) electrons. The third kappa shape index (κ3) is 2.75. The van der Waals surface area contributed by atoms with Gasteiger partial charge in [-0.1, -0.05) is 24.3 Å². The number of rotatable bonds is 4. The van der Waals surface area contributed by atoms with Crippen molar-refractivity contribution in [3.05, 3.63) is 59.9 Å². The van der Waals surface area contributed by atoms with Crippen molar-refractivity contribution >= 4 is 5.91 Å².